The molecule has 0 radical (unpaired) electrons. The first-order chi connectivity index (χ1) is 11.7. The minimum Gasteiger partial charge on any atom is -0.444 e. The molecule has 0 saturated carbocycles. The second kappa shape index (κ2) is 8.27. The lowest BCUT2D eigenvalue weighted by atomic mass is 10.0. The number of carbonyl (C=O) groups is 2. The van der Waals surface area contributed by atoms with Crippen LogP contribution in [0.3, 0.4) is 0 Å². The van der Waals surface area contributed by atoms with E-state index in [1.54, 1.807) is 11.0 Å². The second-order valence-electron chi connectivity index (χ2n) is 7.17. The van der Waals surface area contributed by atoms with Crippen LogP contribution in [0.5, 0.6) is 0 Å². The maximum absolute atomic E-state index is 13.8. The van der Waals surface area contributed by atoms with Crippen molar-refractivity contribution in [3.05, 3.63) is 34.1 Å². The predicted octanol–water partition coefficient (Wildman–Crippen LogP) is 3.76. The highest BCUT2D eigenvalue weighted by Gasteiger charge is 2.27. The summed E-state index contributed by atoms with van der Waals surface area (Å²) in [4.78, 5) is 25.8. The van der Waals surface area contributed by atoms with E-state index in [2.05, 4.69) is 21.2 Å². The van der Waals surface area contributed by atoms with Crippen LogP contribution in [0.1, 0.15) is 44.0 Å². The average molecular weight is 415 g/mol. The first kappa shape index (κ1) is 19.8. The molecule has 1 fully saturated rings. The highest BCUT2D eigenvalue weighted by molar-refractivity contribution is 9.10. The number of nitrogens with zero attached hydrogens (tertiary/aromatic N) is 1. The zero-order valence-electron chi connectivity index (χ0n) is 14.8. The molecule has 7 heteroatoms. The molecule has 0 spiro atoms. The number of likely N-dealkylation sites (tertiary alicyclic amines) is 1. The van der Waals surface area contributed by atoms with Crippen LogP contribution in [-0.4, -0.2) is 48.1 Å². The van der Waals surface area contributed by atoms with Gasteiger partial charge < -0.3 is 15.0 Å². The molecule has 1 amide bonds. The van der Waals surface area contributed by atoms with E-state index in [0.717, 1.165) is 12.8 Å². The van der Waals surface area contributed by atoms with Gasteiger partial charge in [0.25, 0.3) is 0 Å². The van der Waals surface area contributed by atoms with Crippen LogP contribution in [-0.2, 0) is 4.74 Å². The fourth-order valence-corrected chi connectivity index (χ4v) is 2.97. The van der Waals surface area contributed by atoms with Gasteiger partial charge >= 0.3 is 6.09 Å². The number of ketones is 1. The molecular formula is C18H24BrFN2O3. The molecule has 0 aliphatic carbocycles. The fourth-order valence-electron chi connectivity index (χ4n) is 2.64. The number of amides is 1. The molecule has 0 unspecified atom stereocenters. The number of Topliss-reactive ketones (excluding diaryl/α,β-unsaturated/α-hetero) is 1. The number of carbonyl (C=O) groups excluding carboxylic acids is 2. The molecule has 0 atom stereocenters. The number of halogens is 2. The zero-order valence-corrected chi connectivity index (χ0v) is 16.4. The summed E-state index contributed by atoms with van der Waals surface area (Å²) in [6.45, 7) is 6.75. The summed E-state index contributed by atoms with van der Waals surface area (Å²) in [5, 5.41) is 3.16. The summed E-state index contributed by atoms with van der Waals surface area (Å²) in [5.74, 6) is -0.805. The van der Waals surface area contributed by atoms with E-state index in [4.69, 9.17) is 4.74 Å². The Balaban J connectivity index is 1.78. The number of benzene rings is 1. The largest absolute Gasteiger partial charge is 0.444 e. The van der Waals surface area contributed by atoms with E-state index >= 15 is 0 Å². The molecule has 1 saturated heterocycles. The van der Waals surface area contributed by atoms with E-state index < -0.39 is 11.4 Å². The molecule has 1 aromatic rings. The van der Waals surface area contributed by atoms with Gasteiger partial charge in [-0.25, -0.2) is 9.18 Å². The Kier molecular flexibility index (Phi) is 6.57. The van der Waals surface area contributed by atoms with Gasteiger partial charge in [-0.05, 0) is 51.8 Å². The van der Waals surface area contributed by atoms with Gasteiger partial charge in [-0.1, -0.05) is 15.9 Å². The number of nitrogens with one attached hydrogen (secondary N) is 1. The van der Waals surface area contributed by atoms with Crippen molar-refractivity contribution < 1.29 is 18.7 Å². The third-order valence-corrected chi connectivity index (χ3v) is 4.42. The van der Waals surface area contributed by atoms with Crippen LogP contribution in [0.4, 0.5) is 9.18 Å². The fraction of sp³-hybridized carbons (Fsp3) is 0.556. The second-order valence-corrected chi connectivity index (χ2v) is 8.09. The zero-order chi connectivity index (χ0) is 18.6. The summed E-state index contributed by atoms with van der Waals surface area (Å²) in [7, 11) is 0. The number of ether oxygens (including phenoxy) is 1. The Bertz CT molecular complexity index is 638. The lowest BCUT2D eigenvalue weighted by Gasteiger charge is -2.33. The van der Waals surface area contributed by atoms with Gasteiger partial charge in [-0.3, -0.25) is 4.79 Å². The van der Waals surface area contributed by atoms with Crippen molar-refractivity contribution >= 4 is 27.8 Å². The van der Waals surface area contributed by atoms with Crippen molar-refractivity contribution in [1.29, 1.82) is 0 Å². The van der Waals surface area contributed by atoms with Crippen LogP contribution in [0.15, 0.2) is 22.7 Å². The number of piperidine rings is 1. The first-order valence-corrected chi connectivity index (χ1v) is 9.14. The molecule has 2 rings (SSSR count). The summed E-state index contributed by atoms with van der Waals surface area (Å²) in [5.41, 5.74) is -0.422. The van der Waals surface area contributed by atoms with Crippen LogP contribution < -0.4 is 5.32 Å². The van der Waals surface area contributed by atoms with Gasteiger partial charge in [0.05, 0.1) is 12.1 Å². The molecule has 1 aliphatic rings. The smallest absolute Gasteiger partial charge is 0.410 e. The van der Waals surface area contributed by atoms with Gasteiger partial charge in [0.1, 0.15) is 11.4 Å². The van der Waals surface area contributed by atoms with Gasteiger partial charge in [-0.15, -0.1) is 0 Å². The average Bonchev–Trinajstić information content (AvgIpc) is 2.51. The minimum atomic E-state index is -0.527. The SMILES string of the molecule is CC(C)(C)OC(=O)N1CCC(NCC(=O)c2ccc(Br)cc2F)CC1. The monoisotopic (exact) mass is 414 g/mol. The van der Waals surface area contributed by atoms with Crippen LogP contribution in [0.2, 0.25) is 0 Å². The topological polar surface area (TPSA) is 58.6 Å². The first-order valence-electron chi connectivity index (χ1n) is 8.35. The molecule has 138 valence electrons. The van der Waals surface area contributed by atoms with Gasteiger partial charge in [0, 0.05) is 23.6 Å². The Labute approximate surface area is 156 Å². The number of hydrogen-bond donors (Lipinski definition) is 1. The minimum absolute atomic E-state index is 0.0790. The van der Waals surface area contributed by atoms with Gasteiger partial charge in [0.2, 0.25) is 0 Å². The maximum Gasteiger partial charge on any atom is 0.410 e. The lowest BCUT2D eigenvalue weighted by molar-refractivity contribution is 0.0198. The third kappa shape index (κ3) is 6.08. The van der Waals surface area contributed by atoms with Crippen molar-refractivity contribution in [3.8, 4) is 0 Å². The van der Waals surface area contributed by atoms with Crippen LogP contribution in [0, 0.1) is 5.82 Å². The third-order valence-electron chi connectivity index (χ3n) is 3.93. The van der Waals surface area contributed by atoms with Crippen molar-refractivity contribution in [3.63, 3.8) is 0 Å². The Morgan fingerprint density at radius 1 is 1.32 bits per heavy atom. The Hall–Kier alpha value is -1.47. The van der Waals surface area contributed by atoms with E-state index in [1.807, 2.05) is 20.8 Å². The number of rotatable bonds is 4. The van der Waals surface area contributed by atoms with Crippen molar-refractivity contribution in [2.75, 3.05) is 19.6 Å². The van der Waals surface area contributed by atoms with Gasteiger partial charge in [0.15, 0.2) is 5.78 Å². The standard InChI is InChI=1S/C18H24BrFN2O3/c1-18(2,3)25-17(24)22-8-6-13(7-9-22)21-11-16(23)14-5-4-12(19)10-15(14)20/h4-5,10,13,21H,6-9,11H2,1-3H3. The Morgan fingerprint density at radius 2 is 1.96 bits per heavy atom. The van der Waals surface area contributed by atoms with Crippen LogP contribution >= 0.6 is 15.9 Å². The molecular weight excluding hydrogens is 391 g/mol. The molecule has 25 heavy (non-hydrogen) atoms. The quantitative estimate of drug-likeness (QED) is 0.761. The van der Waals surface area contributed by atoms with E-state index in [1.165, 1.54) is 12.1 Å². The highest BCUT2D eigenvalue weighted by Crippen LogP contribution is 2.17. The maximum atomic E-state index is 13.8. The number of hydrogen-bond acceptors (Lipinski definition) is 4. The van der Waals surface area contributed by atoms with E-state index in [9.17, 15) is 14.0 Å². The summed E-state index contributed by atoms with van der Waals surface area (Å²) >= 11 is 3.17. The van der Waals surface area contributed by atoms with E-state index in [0.29, 0.717) is 17.6 Å². The molecule has 0 aromatic heterocycles. The summed E-state index contributed by atoms with van der Waals surface area (Å²) in [6, 6.07) is 4.54. The summed E-state index contributed by atoms with van der Waals surface area (Å²) in [6.07, 6.45) is 1.16. The normalized spacial score (nSPS) is 16.0. The molecule has 1 aromatic carbocycles. The van der Waals surface area contributed by atoms with E-state index in [-0.39, 0.29) is 30.0 Å². The van der Waals surface area contributed by atoms with Crippen molar-refractivity contribution in [1.82, 2.24) is 10.2 Å². The van der Waals surface area contributed by atoms with Crippen LogP contribution in [0.25, 0.3) is 0 Å². The molecule has 1 heterocycles. The molecule has 1 N–H and O–H groups in total. The lowest BCUT2D eigenvalue weighted by Crippen LogP contribution is -2.47. The van der Waals surface area contributed by atoms with Crippen molar-refractivity contribution in [2.45, 2.75) is 45.3 Å². The Morgan fingerprint density at radius 3 is 2.52 bits per heavy atom. The van der Waals surface area contributed by atoms with Gasteiger partial charge in [-0.2, -0.15) is 0 Å². The summed E-state index contributed by atoms with van der Waals surface area (Å²) < 4.78 is 19.8. The van der Waals surface area contributed by atoms with Crippen molar-refractivity contribution in [2.24, 2.45) is 0 Å². The molecule has 0 bridgehead atoms. The predicted molar refractivity (Wildman–Crippen MR) is 97.3 cm³/mol. The molecule has 5 nitrogen and oxygen atoms in total. The molecule has 1 aliphatic heterocycles. The highest BCUT2D eigenvalue weighted by atomic mass is 79.9.